The van der Waals surface area contributed by atoms with Gasteiger partial charge in [0.15, 0.2) is 0 Å². The van der Waals surface area contributed by atoms with Crippen LogP contribution in [0.25, 0.3) is 0 Å². The second-order valence-corrected chi connectivity index (χ2v) is 5.91. The molecule has 0 radical (unpaired) electrons. The quantitative estimate of drug-likeness (QED) is 0.716. The number of hydrogen-bond acceptors (Lipinski definition) is 3. The Kier molecular flexibility index (Phi) is 5.61. The van der Waals surface area contributed by atoms with Crippen molar-refractivity contribution in [2.75, 3.05) is 18.8 Å². The predicted octanol–water partition coefficient (Wildman–Crippen LogP) is 1.02. The van der Waals surface area contributed by atoms with Gasteiger partial charge in [0, 0.05) is 13.1 Å². The number of hydrogen-bond donors (Lipinski definition) is 2. The number of sulfonamides is 1. The van der Waals surface area contributed by atoms with Crippen LogP contribution in [-0.4, -0.2) is 27.3 Å². The highest BCUT2D eigenvalue weighted by Crippen LogP contribution is 2.03. The molecule has 0 amide bonds. The molecule has 0 spiro atoms. The third-order valence-electron chi connectivity index (χ3n) is 2.38. The van der Waals surface area contributed by atoms with Gasteiger partial charge in [-0.05, 0) is 19.0 Å². The third kappa shape index (κ3) is 5.81. The predicted molar refractivity (Wildman–Crippen MR) is 70.3 cm³/mol. The molecular formula is C12H20N2O2S. The molecule has 4 nitrogen and oxygen atoms in total. The van der Waals surface area contributed by atoms with E-state index in [0.717, 1.165) is 17.7 Å². The molecule has 1 aromatic rings. The summed E-state index contributed by atoms with van der Waals surface area (Å²) >= 11 is 0. The van der Waals surface area contributed by atoms with E-state index in [1.54, 1.807) is 0 Å². The molecule has 0 aliphatic rings. The number of nitrogens with one attached hydrogen (secondary N) is 2. The molecule has 96 valence electrons. The van der Waals surface area contributed by atoms with Crippen LogP contribution < -0.4 is 10.0 Å². The molecule has 0 aliphatic carbocycles. The minimum Gasteiger partial charge on any atom is -0.316 e. The van der Waals surface area contributed by atoms with Crippen LogP contribution in [0.15, 0.2) is 24.3 Å². The van der Waals surface area contributed by atoms with E-state index in [0.29, 0.717) is 13.1 Å². The lowest BCUT2D eigenvalue weighted by atomic mass is 10.1. The molecule has 0 unspecified atom stereocenters. The van der Waals surface area contributed by atoms with Gasteiger partial charge in [-0.2, -0.15) is 0 Å². The molecule has 2 N–H and O–H groups in total. The summed E-state index contributed by atoms with van der Waals surface area (Å²) in [4.78, 5) is 0. The van der Waals surface area contributed by atoms with Crippen molar-refractivity contribution in [3.63, 3.8) is 0 Å². The van der Waals surface area contributed by atoms with Gasteiger partial charge in [-0.3, -0.25) is 0 Å². The molecule has 0 bridgehead atoms. The Hall–Kier alpha value is -0.910. The monoisotopic (exact) mass is 256 g/mol. The van der Waals surface area contributed by atoms with Gasteiger partial charge in [-0.25, -0.2) is 13.1 Å². The van der Waals surface area contributed by atoms with E-state index in [1.165, 1.54) is 0 Å². The lowest BCUT2D eigenvalue weighted by molar-refractivity contribution is 0.577. The lowest BCUT2D eigenvalue weighted by Gasteiger charge is -2.07. The van der Waals surface area contributed by atoms with E-state index < -0.39 is 10.0 Å². The average Bonchev–Trinajstić information content (AvgIpc) is 2.27. The Balaban J connectivity index is 2.44. The molecule has 0 aromatic heterocycles. The molecule has 5 heteroatoms. The first-order chi connectivity index (χ1) is 8.03. The number of rotatable bonds is 7. The fourth-order valence-corrected chi connectivity index (χ4v) is 2.41. The molecule has 0 heterocycles. The van der Waals surface area contributed by atoms with Crippen LogP contribution in [0.5, 0.6) is 0 Å². The summed E-state index contributed by atoms with van der Waals surface area (Å²) in [7, 11) is -3.18. The summed E-state index contributed by atoms with van der Waals surface area (Å²) in [5, 5.41) is 2.99. The van der Waals surface area contributed by atoms with Gasteiger partial charge in [-0.15, -0.1) is 0 Å². The summed E-state index contributed by atoms with van der Waals surface area (Å²) in [5.74, 6) is 0.118. The number of benzene rings is 1. The molecule has 0 aliphatic heterocycles. The van der Waals surface area contributed by atoms with Crippen LogP contribution in [0, 0.1) is 6.92 Å². The zero-order valence-electron chi connectivity index (χ0n) is 10.4. The molecular weight excluding hydrogens is 236 g/mol. The molecule has 0 saturated heterocycles. The van der Waals surface area contributed by atoms with Crippen LogP contribution in [-0.2, 0) is 16.6 Å². The lowest BCUT2D eigenvalue weighted by Crippen LogP contribution is -2.31. The van der Waals surface area contributed by atoms with Crippen LogP contribution >= 0.6 is 0 Å². The van der Waals surface area contributed by atoms with Crippen molar-refractivity contribution in [2.24, 2.45) is 0 Å². The van der Waals surface area contributed by atoms with Crippen molar-refractivity contribution >= 4 is 10.0 Å². The van der Waals surface area contributed by atoms with E-state index in [4.69, 9.17) is 0 Å². The highest BCUT2D eigenvalue weighted by atomic mass is 32.2. The summed E-state index contributed by atoms with van der Waals surface area (Å²) in [5.41, 5.74) is 2.12. The molecule has 0 fully saturated rings. The van der Waals surface area contributed by atoms with Crippen molar-refractivity contribution in [1.82, 2.24) is 10.0 Å². The first-order valence-corrected chi connectivity index (χ1v) is 7.42. The zero-order valence-corrected chi connectivity index (χ0v) is 11.2. The van der Waals surface area contributed by atoms with Gasteiger partial charge >= 0.3 is 0 Å². The van der Waals surface area contributed by atoms with Crippen LogP contribution in [0.3, 0.4) is 0 Å². The van der Waals surface area contributed by atoms with Crippen LogP contribution in [0.1, 0.15) is 18.1 Å². The Morgan fingerprint density at radius 1 is 1.29 bits per heavy atom. The van der Waals surface area contributed by atoms with E-state index in [-0.39, 0.29) is 5.75 Å². The maximum atomic E-state index is 11.6. The molecule has 1 aromatic carbocycles. The standard InChI is InChI=1S/C12H20N2O2S/c1-3-13-7-8-17(15,16)14-10-12-6-4-5-11(2)9-12/h4-6,9,13-14H,3,7-8,10H2,1-2H3. The molecule has 0 saturated carbocycles. The normalized spacial score (nSPS) is 11.6. The van der Waals surface area contributed by atoms with Crippen molar-refractivity contribution in [3.8, 4) is 0 Å². The average molecular weight is 256 g/mol. The summed E-state index contributed by atoms with van der Waals surface area (Å²) in [6.45, 7) is 5.57. The fraction of sp³-hybridized carbons (Fsp3) is 0.500. The van der Waals surface area contributed by atoms with E-state index in [1.807, 2.05) is 38.1 Å². The third-order valence-corrected chi connectivity index (χ3v) is 3.70. The first-order valence-electron chi connectivity index (χ1n) is 5.77. The van der Waals surface area contributed by atoms with Crippen molar-refractivity contribution in [3.05, 3.63) is 35.4 Å². The van der Waals surface area contributed by atoms with Gasteiger partial charge < -0.3 is 5.32 Å². The molecule has 17 heavy (non-hydrogen) atoms. The Bertz CT molecular complexity index is 444. The van der Waals surface area contributed by atoms with Crippen molar-refractivity contribution in [1.29, 1.82) is 0 Å². The fourth-order valence-electron chi connectivity index (χ4n) is 1.47. The summed E-state index contributed by atoms with van der Waals surface area (Å²) < 4.78 is 25.8. The zero-order chi connectivity index (χ0) is 12.7. The van der Waals surface area contributed by atoms with Gasteiger partial charge in [0.25, 0.3) is 0 Å². The summed E-state index contributed by atoms with van der Waals surface area (Å²) in [6, 6.07) is 7.81. The minimum absolute atomic E-state index is 0.118. The van der Waals surface area contributed by atoms with E-state index in [2.05, 4.69) is 10.0 Å². The van der Waals surface area contributed by atoms with Gasteiger partial charge in [-0.1, -0.05) is 36.8 Å². The first kappa shape index (κ1) is 14.2. The largest absolute Gasteiger partial charge is 0.316 e. The van der Waals surface area contributed by atoms with Crippen LogP contribution in [0.4, 0.5) is 0 Å². The molecule has 0 atom stereocenters. The van der Waals surface area contributed by atoms with Crippen LogP contribution in [0.2, 0.25) is 0 Å². The van der Waals surface area contributed by atoms with Gasteiger partial charge in [0.05, 0.1) is 5.75 Å². The maximum Gasteiger partial charge on any atom is 0.213 e. The smallest absolute Gasteiger partial charge is 0.213 e. The SMILES string of the molecule is CCNCCS(=O)(=O)NCc1cccc(C)c1. The topological polar surface area (TPSA) is 58.2 Å². The molecule has 1 rings (SSSR count). The maximum absolute atomic E-state index is 11.6. The Morgan fingerprint density at radius 2 is 2.06 bits per heavy atom. The second kappa shape index (κ2) is 6.74. The Morgan fingerprint density at radius 3 is 2.71 bits per heavy atom. The van der Waals surface area contributed by atoms with Crippen molar-refractivity contribution in [2.45, 2.75) is 20.4 Å². The van der Waals surface area contributed by atoms with Crippen molar-refractivity contribution < 1.29 is 8.42 Å². The highest BCUT2D eigenvalue weighted by molar-refractivity contribution is 7.89. The number of aryl methyl sites for hydroxylation is 1. The van der Waals surface area contributed by atoms with Gasteiger partial charge in [0.1, 0.15) is 0 Å². The second-order valence-electron chi connectivity index (χ2n) is 3.98. The Labute approximate surface area is 103 Å². The summed E-state index contributed by atoms with van der Waals surface area (Å²) in [6.07, 6.45) is 0. The van der Waals surface area contributed by atoms with Gasteiger partial charge in [0.2, 0.25) is 10.0 Å². The van der Waals surface area contributed by atoms with E-state index in [9.17, 15) is 8.42 Å². The van der Waals surface area contributed by atoms with E-state index >= 15 is 0 Å². The minimum atomic E-state index is -3.18. The highest BCUT2D eigenvalue weighted by Gasteiger charge is 2.08.